The van der Waals surface area contributed by atoms with E-state index in [2.05, 4.69) is 26.2 Å². The van der Waals surface area contributed by atoms with Crippen LogP contribution in [0.25, 0.3) is 5.69 Å². The number of aromatic nitrogens is 3. The Kier molecular flexibility index (Phi) is 3.42. The van der Waals surface area contributed by atoms with Crippen LogP contribution in [0, 0.1) is 17.0 Å². The number of nitro benzene ring substituents is 1. The molecule has 2 rings (SSSR count). The average Bonchev–Trinajstić information content (AvgIpc) is 2.78. The zero-order valence-corrected chi connectivity index (χ0v) is 11.5. The molecule has 1 aromatic carbocycles. The number of benzene rings is 1. The van der Waals surface area contributed by atoms with Crippen LogP contribution in [0.1, 0.15) is 23.0 Å². The number of rotatable bonds is 3. The van der Waals surface area contributed by atoms with Gasteiger partial charge in [-0.15, -0.1) is 5.10 Å². The molecule has 18 heavy (non-hydrogen) atoms. The Morgan fingerprint density at radius 1 is 1.50 bits per heavy atom. The summed E-state index contributed by atoms with van der Waals surface area (Å²) >= 11 is 3.38. The molecule has 0 saturated heterocycles. The lowest BCUT2D eigenvalue weighted by Gasteiger charge is -2.02. The fraction of sp³-hybridized carbons (Fsp3) is 0.273. The number of nitrogens with zero attached hydrogens (tertiary/aromatic N) is 4. The van der Waals surface area contributed by atoms with Crippen LogP contribution in [0.3, 0.4) is 0 Å². The highest BCUT2D eigenvalue weighted by Gasteiger charge is 2.17. The van der Waals surface area contributed by atoms with Crippen molar-refractivity contribution in [2.45, 2.75) is 18.7 Å². The second-order valence-electron chi connectivity index (χ2n) is 3.95. The summed E-state index contributed by atoms with van der Waals surface area (Å²) < 4.78 is 1.42. The van der Waals surface area contributed by atoms with E-state index in [1.54, 1.807) is 18.3 Å². The Morgan fingerprint density at radius 3 is 2.78 bits per heavy atom. The van der Waals surface area contributed by atoms with Crippen molar-refractivity contribution < 1.29 is 4.92 Å². The Labute approximate surface area is 112 Å². The Hall–Kier alpha value is -1.76. The Balaban J connectivity index is 2.52. The maximum atomic E-state index is 11.0. The highest BCUT2D eigenvalue weighted by Crippen LogP contribution is 2.25. The van der Waals surface area contributed by atoms with E-state index >= 15 is 0 Å². The molecule has 6 nitrogen and oxygen atoms in total. The second-order valence-corrected chi connectivity index (χ2v) is 5.33. The number of halogens is 1. The van der Waals surface area contributed by atoms with Crippen LogP contribution in [-0.2, 0) is 0 Å². The van der Waals surface area contributed by atoms with Crippen LogP contribution in [0.5, 0.6) is 0 Å². The SMILES string of the molecule is Cc1ccc(-n2cc(C(C)Br)nn2)c([N+](=O)[O-])c1. The van der Waals surface area contributed by atoms with Gasteiger partial charge in [0.25, 0.3) is 5.69 Å². The Morgan fingerprint density at radius 2 is 2.22 bits per heavy atom. The molecular formula is C11H11BrN4O2. The van der Waals surface area contributed by atoms with E-state index in [4.69, 9.17) is 0 Å². The van der Waals surface area contributed by atoms with Crippen molar-refractivity contribution in [1.82, 2.24) is 15.0 Å². The van der Waals surface area contributed by atoms with Gasteiger partial charge in [0, 0.05) is 6.07 Å². The van der Waals surface area contributed by atoms with Crippen molar-refractivity contribution in [1.29, 1.82) is 0 Å². The van der Waals surface area contributed by atoms with Crippen molar-refractivity contribution in [2.24, 2.45) is 0 Å². The summed E-state index contributed by atoms with van der Waals surface area (Å²) in [4.78, 5) is 10.7. The predicted octanol–water partition coefficient (Wildman–Crippen LogP) is 2.94. The number of nitro groups is 1. The minimum Gasteiger partial charge on any atom is -0.258 e. The largest absolute Gasteiger partial charge is 0.295 e. The lowest BCUT2D eigenvalue weighted by molar-refractivity contribution is -0.384. The fourth-order valence-electron chi connectivity index (χ4n) is 1.55. The van der Waals surface area contributed by atoms with E-state index in [-0.39, 0.29) is 10.5 Å². The second kappa shape index (κ2) is 4.85. The molecule has 0 radical (unpaired) electrons. The maximum absolute atomic E-state index is 11.0. The molecule has 1 aromatic heterocycles. The van der Waals surface area contributed by atoms with Crippen LogP contribution in [0.2, 0.25) is 0 Å². The van der Waals surface area contributed by atoms with E-state index < -0.39 is 4.92 Å². The van der Waals surface area contributed by atoms with Gasteiger partial charge in [0.15, 0.2) is 0 Å². The molecule has 1 atom stereocenters. The third-order valence-electron chi connectivity index (χ3n) is 2.49. The summed E-state index contributed by atoms with van der Waals surface area (Å²) in [6.45, 7) is 3.72. The summed E-state index contributed by atoms with van der Waals surface area (Å²) in [7, 11) is 0. The molecule has 0 amide bonds. The standard InChI is InChI=1S/C11H11BrN4O2/c1-7-3-4-10(11(5-7)16(17)18)15-6-9(8(2)12)13-14-15/h3-6,8H,1-2H3. The van der Waals surface area contributed by atoms with Gasteiger partial charge in [-0.3, -0.25) is 10.1 Å². The molecule has 7 heteroatoms. The van der Waals surface area contributed by atoms with Crippen LogP contribution in [0.15, 0.2) is 24.4 Å². The van der Waals surface area contributed by atoms with Gasteiger partial charge < -0.3 is 0 Å². The summed E-state index contributed by atoms with van der Waals surface area (Å²) in [5.74, 6) is 0. The molecule has 1 heterocycles. The van der Waals surface area contributed by atoms with Crippen molar-refractivity contribution in [3.05, 3.63) is 45.8 Å². The van der Waals surface area contributed by atoms with Crippen molar-refractivity contribution >= 4 is 21.6 Å². The van der Waals surface area contributed by atoms with E-state index in [0.29, 0.717) is 5.69 Å². The highest BCUT2D eigenvalue weighted by molar-refractivity contribution is 9.09. The molecule has 0 aliphatic carbocycles. The molecular weight excluding hydrogens is 300 g/mol. The van der Waals surface area contributed by atoms with E-state index in [1.165, 1.54) is 10.7 Å². The van der Waals surface area contributed by atoms with Crippen LogP contribution >= 0.6 is 15.9 Å². The van der Waals surface area contributed by atoms with Crippen molar-refractivity contribution in [2.75, 3.05) is 0 Å². The minimum atomic E-state index is -0.415. The average molecular weight is 311 g/mol. The first-order valence-corrected chi connectivity index (χ1v) is 6.22. The summed E-state index contributed by atoms with van der Waals surface area (Å²) in [5.41, 5.74) is 2.00. The summed E-state index contributed by atoms with van der Waals surface area (Å²) in [6, 6.07) is 5.00. The number of hydrogen-bond acceptors (Lipinski definition) is 4. The van der Waals surface area contributed by atoms with Gasteiger partial charge in [-0.05, 0) is 25.5 Å². The van der Waals surface area contributed by atoms with Crippen LogP contribution in [0.4, 0.5) is 5.69 Å². The monoisotopic (exact) mass is 310 g/mol. The summed E-state index contributed by atoms with van der Waals surface area (Å²) in [5, 5.41) is 18.9. The number of hydrogen-bond donors (Lipinski definition) is 0. The molecule has 2 aromatic rings. The van der Waals surface area contributed by atoms with Crippen molar-refractivity contribution in [3.63, 3.8) is 0 Å². The molecule has 0 fully saturated rings. The van der Waals surface area contributed by atoms with Gasteiger partial charge in [-0.1, -0.05) is 27.2 Å². The van der Waals surface area contributed by atoms with Gasteiger partial charge in [-0.25, -0.2) is 4.68 Å². The first-order valence-electron chi connectivity index (χ1n) is 5.31. The lowest BCUT2D eigenvalue weighted by atomic mass is 10.2. The van der Waals surface area contributed by atoms with Gasteiger partial charge >= 0.3 is 0 Å². The number of alkyl halides is 1. The normalized spacial score (nSPS) is 12.4. The number of aryl methyl sites for hydroxylation is 1. The third-order valence-corrected chi connectivity index (χ3v) is 2.96. The Bertz CT molecular complexity index is 594. The molecule has 1 unspecified atom stereocenters. The molecule has 0 saturated carbocycles. The zero-order valence-electron chi connectivity index (χ0n) is 9.87. The molecule has 0 spiro atoms. The first kappa shape index (κ1) is 12.7. The highest BCUT2D eigenvalue weighted by atomic mass is 79.9. The van der Waals surface area contributed by atoms with Crippen LogP contribution < -0.4 is 0 Å². The maximum Gasteiger partial charge on any atom is 0.295 e. The lowest BCUT2D eigenvalue weighted by Crippen LogP contribution is -2.01. The minimum absolute atomic E-state index is 0.0219. The molecule has 94 valence electrons. The third kappa shape index (κ3) is 2.40. The van der Waals surface area contributed by atoms with E-state index in [9.17, 15) is 10.1 Å². The molecule has 0 N–H and O–H groups in total. The first-order chi connectivity index (χ1) is 8.49. The van der Waals surface area contributed by atoms with E-state index in [0.717, 1.165) is 11.3 Å². The predicted molar refractivity (Wildman–Crippen MR) is 70.1 cm³/mol. The summed E-state index contributed by atoms with van der Waals surface area (Å²) in [6.07, 6.45) is 1.68. The van der Waals surface area contributed by atoms with E-state index in [1.807, 2.05) is 13.8 Å². The van der Waals surface area contributed by atoms with Gasteiger partial charge in [0.05, 0.1) is 21.6 Å². The molecule has 0 bridgehead atoms. The quantitative estimate of drug-likeness (QED) is 0.496. The van der Waals surface area contributed by atoms with Gasteiger partial charge in [-0.2, -0.15) is 0 Å². The zero-order chi connectivity index (χ0) is 13.3. The van der Waals surface area contributed by atoms with Gasteiger partial charge in [0.2, 0.25) is 0 Å². The topological polar surface area (TPSA) is 73.8 Å². The molecule has 0 aliphatic heterocycles. The smallest absolute Gasteiger partial charge is 0.258 e. The van der Waals surface area contributed by atoms with Gasteiger partial charge in [0.1, 0.15) is 5.69 Å². The van der Waals surface area contributed by atoms with Crippen molar-refractivity contribution in [3.8, 4) is 5.69 Å². The van der Waals surface area contributed by atoms with Crippen LogP contribution in [-0.4, -0.2) is 19.9 Å². The fourth-order valence-corrected chi connectivity index (χ4v) is 1.76. The molecule has 0 aliphatic rings.